The molecule has 102 valence electrons. The van der Waals surface area contributed by atoms with Crippen molar-refractivity contribution in [3.8, 4) is 0 Å². The molecule has 0 saturated carbocycles. The number of halogens is 1. The van der Waals surface area contributed by atoms with Gasteiger partial charge in [-0.05, 0) is 35.9 Å². The summed E-state index contributed by atoms with van der Waals surface area (Å²) < 4.78 is 31.5. The lowest BCUT2D eigenvalue weighted by molar-refractivity contribution is 0.281. The summed E-state index contributed by atoms with van der Waals surface area (Å²) in [7, 11) is -3.67. The van der Waals surface area contributed by atoms with Gasteiger partial charge in [-0.25, -0.2) is 13.1 Å². The zero-order valence-corrected chi connectivity index (χ0v) is 11.4. The number of hydrogen-bond acceptors (Lipinski definition) is 4. The molecule has 1 aromatic carbocycles. The second kappa shape index (κ2) is 5.75. The third-order valence-corrected chi connectivity index (χ3v) is 4.28. The Balaban J connectivity index is 2.19. The standard InChI is InChI=1S/C12H12ClNO4S/c13-12-4-3-11(6-9(12)8-15)19(16,17)14-7-10-2-1-5-18-10/h1-6,14-15H,7-8H2. The van der Waals surface area contributed by atoms with Gasteiger partial charge in [0.25, 0.3) is 0 Å². The van der Waals surface area contributed by atoms with Crippen molar-refractivity contribution in [1.29, 1.82) is 0 Å². The summed E-state index contributed by atoms with van der Waals surface area (Å²) >= 11 is 5.81. The van der Waals surface area contributed by atoms with Crippen LogP contribution in [0.4, 0.5) is 0 Å². The summed E-state index contributed by atoms with van der Waals surface area (Å²) in [5, 5.41) is 9.40. The van der Waals surface area contributed by atoms with Gasteiger partial charge in [-0.2, -0.15) is 0 Å². The molecule has 0 saturated heterocycles. The molecular formula is C12H12ClNO4S. The summed E-state index contributed by atoms with van der Waals surface area (Å²) in [5.41, 5.74) is 0.363. The van der Waals surface area contributed by atoms with E-state index in [0.717, 1.165) is 0 Å². The molecule has 0 atom stereocenters. The molecule has 7 heteroatoms. The van der Waals surface area contributed by atoms with Crippen LogP contribution >= 0.6 is 11.6 Å². The van der Waals surface area contributed by atoms with E-state index in [1.807, 2.05) is 0 Å². The van der Waals surface area contributed by atoms with E-state index >= 15 is 0 Å². The van der Waals surface area contributed by atoms with Crippen LogP contribution in [0.15, 0.2) is 45.9 Å². The molecule has 2 aromatic rings. The minimum absolute atomic E-state index is 0.0486. The summed E-state index contributed by atoms with van der Waals surface area (Å²) in [5.74, 6) is 0.514. The zero-order valence-electron chi connectivity index (χ0n) is 9.84. The number of nitrogens with one attached hydrogen (secondary N) is 1. The van der Waals surface area contributed by atoms with Crippen LogP contribution in [0.1, 0.15) is 11.3 Å². The number of aliphatic hydroxyl groups is 1. The van der Waals surface area contributed by atoms with Crippen molar-refractivity contribution < 1.29 is 17.9 Å². The van der Waals surface area contributed by atoms with E-state index in [1.54, 1.807) is 12.1 Å². The maximum absolute atomic E-state index is 12.0. The summed E-state index contributed by atoms with van der Waals surface area (Å²) in [6.45, 7) is -0.257. The molecule has 0 aliphatic heterocycles. The number of rotatable bonds is 5. The first-order chi connectivity index (χ1) is 9.03. The molecule has 0 radical (unpaired) electrons. The molecule has 0 bridgehead atoms. The molecule has 2 rings (SSSR count). The largest absolute Gasteiger partial charge is 0.468 e. The van der Waals surface area contributed by atoms with Crippen molar-refractivity contribution in [2.45, 2.75) is 18.0 Å². The first kappa shape index (κ1) is 14.1. The lowest BCUT2D eigenvalue weighted by Crippen LogP contribution is -2.23. The Morgan fingerprint density at radius 3 is 2.74 bits per heavy atom. The normalized spacial score (nSPS) is 11.7. The fourth-order valence-electron chi connectivity index (χ4n) is 1.50. The van der Waals surface area contributed by atoms with Gasteiger partial charge in [0.2, 0.25) is 10.0 Å². The van der Waals surface area contributed by atoms with E-state index in [1.165, 1.54) is 24.5 Å². The summed E-state index contributed by atoms with van der Waals surface area (Å²) in [4.78, 5) is 0.0486. The van der Waals surface area contributed by atoms with E-state index in [0.29, 0.717) is 16.3 Å². The SMILES string of the molecule is O=S(=O)(NCc1ccco1)c1ccc(Cl)c(CO)c1. The summed E-state index contributed by atoms with van der Waals surface area (Å²) in [6.07, 6.45) is 1.47. The third-order valence-electron chi connectivity index (χ3n) is 2.51. The van der Waals surface area contributed by atoms with Gasteiger partial charge in [0, 0.05) is 5.02 Å². The highest BCUT2D eigenvalue weighted by Crippen LogP contribution is 2.20. The van der Waals surface area contributed by atoms with Crippen LogP contribution < -0.4 is 4.72 Å². The molecular weight excluding hydrogens is 290 g/mol. The lowest BCUT2D eigenvalue weighted by Gasteiger charge is -2.07. The van der Waals surface area contributed by atoms with Gasteiger partial charge in [0.15, 0.2) is 0 Å². The smallest absolute Gasteiger partial charge is 0.240 e. The Morgan fingerprint density at radius 2 is 2.11 bits per heavy atom. The van der Waals surface area contributed by atoms with Crippen molar-refractivity contribution in [3.05, 3.63) is 52.9 Å². The van der Waals surface area contributed by atoms with E-state index in [4.69, 9.17) is 21.1 Å². The van der Waals surface area contributed by atoms with E-state index < -0.39 is 10.0 Å². The number of aliphatic hydroxyl groups excluding tert-OH is 1. The monoisotopic (exact) mass is 301 g/mol. The van der Waals surface area contributed by atoms with Crippen molar-refractivity contribution in [2.75, 3.05) is 0 Å². The van der Waals surface area contributed by atoms with Gasteiger partial charge in [-0.15, -0.1) is 0 Å². The molecule has 1 heterocycles. The van der Waals surface area contributed by atoms with Crippen LogP contribution in [0.2, 0.25) is 5.02 Å². The van der Waals surface area contributed by atoms with Crippen molar-refractivity contribution in [2.24, 2.45) is 0 Å². The number of sulfonamides is 1. The van der Waals surface area contributed by atoms with Crippen LogP contribution in [-0.4, -0.2) is 13.5 Å². The Morgan fingerprint density at radius 1 is 1.32 bits per heavy atom. The predicted molar refractivity (Wildman–Crippen MR) is 70.1 cm³/mol. The van der Waals surface area contributed by atoms with E-state index in [9.17, 15) is 8.42 Å². The third kappa shape index (κ3) is 3.36. The molecule has 0 unspecified atom stereocenters. The fraction of sp³-hybridized carbons (Fsp3) is 0.167. The first-order valence-corrected chi connectivity index (χ1v) is 7.30. The highest BCUT2D eigenvalue weighted by Gasteiger charge is 2.15. The van der Waals surface area contributed by atoms with Crippen molar-refractivity contribution in [1.82, 2.24) is 4.72 Å². The Labute approximate surface area is 115 Å². The van der Waals surface area contributed by atoms with Gasteiger partial charge in [-0.3, -0.25) is 0 Å². The Hall–Kier alpha value is -1.34. The quantitative estimate of drug-likeness (QED) is 0.884. The van der Waals surface area contributed by atoms with Crippen LogP contribution in [0.3, 0.4) is 0 Å². The van der Waals surface area contributed by atoms with Crippen LogP contribution in [0.5, 0.6) is 0 Å². The molecule has 0 fully saturated rings. The van der Waals surface area contributed by atoms with E-state index in [-0.39, 0.29) is 18.0 Å². The van der Waals surface area contributed by atoms with Gasteiger partial charge in [0.1, 0.15) is 5.76 Å². The highest BCUT2D eigenvalue weighted by atomic mass is 35.5. The lowest BCUT2D eigenvalue weighted by atomic mass is 10.2. The van der Waals surface area contributed by atoms with Gasteiger partial charge in [0.05, 0.1) is 24.3 Å². The Bertz CT molecular complexity index is 652. The average molecular weight is 302 g/mol. The number of benzene rings is 1. The molecule has 0 spiro atoms. The minimum Gasteiger partial charge on any atom is -0.468 e. The van der Waals surface area contributed by atoms with Crippen molar-refractivity contribution in [3.63, 3.8) is 0 Å². The second-order valence-electron chi connectivity index (χ2n) is 3.82. The molecule has 2 N–H and O–H groups in total. The molecule has 0 aliphatic carbocycles. The first-order valence-electron chi connectivity index (χ1n) is 5.44. The molecule has 0 amide bonds. The number of hydrogen-bond donors (Lipinski definition) is 2. The van der Waals surface area contributed by atoms with Crippen LogP contribution in [0, 0.1) is 0 Å². The van der Waals surface area contributed by atoms with Gasteiger partial charge in [-0.1, -0.05) is 11.6 Å². The molecule has 1 aromatic heterocycles. The van der Waals surface area contributed by atoms with Crippen LogP contribution in [0.25, 0.3) is 0 Å². The number of furan rings is 1. The molecule has 19 heavy (non-hydrogen) atoms. The highest BCUT2D eigenvalue weighted by molar-refractivity contribution is 7.89. The zero-order chi connectivity index (χ0) is 13.9. The molecule has 5 nitrogen and oxygen atoms in total. The fourth-order valence-corrected chi connectivity index (χ4v) is 2.72. The van der Waals surface area contributed by atoms with E-state index in [2.05, 4.69) is 4.72 Å². The maximum atomic E-state index is 12.0. The second-order valence-corrected chi connectivity index (χ2v) is 5.99. The van der Waals surface area contributed by atoms with Crippen LogP contribution in [-0.2, 0) is 23.2 Å². The summed E-state index contributed by atoms with van der Waals surface area (Å²) in [6, 6.07) is 7.51. The maximum Gasteiger partial charge on any atom is 0.240 e. The van der Waals surface area contributed by atoms with Crippen molar-refractivity contribution >= 4 is 21.6 Å². The van der Waals surface area contributed by atoms with Gasteiger partial charge >= 0.3 is 0 Å². The topological polar surface area (TPSA) is 79.5 Å². The van der Waals surface area contributed by atoms with Gasteiger partial charge < -0.3 is 9.52 Å². The minimum atomic E-state index is -3.67. The molecule has 0 aliphatic rings. The average Bonchev–Trinajstić information content (AvgIpc) is 2.90. The Kier molecular flexibility index (Phi) is 4.26. The predicted octanol–water partition coefficient (Wildman–Crippen LogP) is 1.90.